The molecule has 2 aromatic carbocycles. The molecule has 1 unspecified atom stereocenters. The third-order valence-corrected chi connectivity index (χ3v) is 6.54. The SMILES string of the molecule is CSc1ccccc1CN1CCC(CNC(=O)C(=O)NC(C)c2ccccc2)CC1. The molecule has 160 valence electrons. The standard InChI is InChI=1S/C24H31N3O2S/c1-18(20-8-4-3-5-9-20)26-24(29)23(28)25-16-19-12-14-27(15-13-19)17-21-10-6-7-11-22(21)30-2/h3-11,18-19H,12-17H2,1-2H3,(H,25,28)(H,26,29). The fourth-order valence-corrected chi connectivity index (χ4v) is 4.44. The summed E-state index contributed by atoms with van der Waals surface area (Å²) in [7, 11) is 0. The number of nitrogens with zero attached hydrogens (tertiary/aromatic N) is 1. The largest absolute Gasteiger partial charge is 0.348 e. The van der Waals surface area contributed by atoms with E-state index in [1.54, 1.807) is 11.8 Å². The molecule has 1 atom stereocenters. The molecule has 1 fully saturated rings. The van der Waals surface area contributed by atoms with Crippen LogP contribution in [0.4, 0.5) is 0 Å². The van der Waals surface area contributed by atoms with Crippen LogP contribution in [0.25, 0.3) is 0 Å². The second-order valence-electron chi connectivity index (χ2n) is 7.85. The molecule has 5 nitrogen and oxygen atoms in total. The van der Waals surface area contributed by atoms with Crippen molar-refractivity contribution in [3.8, 4) is 0 Å². The van der Waals surface area contributed by atoms with Gasteiger partial charge in [0.15, 0.2) is 0 Å². The first-order chi connectivity index (χ1) is 14.6. The number of carbonyl (C=O) groups excluding carboxylic acids is 2. The third kappa shape index (κ3) is 6.34. The number of likely N-dealkylation sites (tertiary alicyclic amines) is 1. The number of benzene rings is 2. The van der Waals surface area contributed by atoms with Crippen LogP contribution in [0.5, 0.6) is 0 Å². The molecule has 2 aromatic rings. The Morgan fingerprint density at radius 2 is 1.70 bits per heavy atom. The molecule has 1 saturated heterocycles. The predicted molar refractivity (Wildman–Crippen MR) is 122 cm³/mol. The minimum atomic E-state index is -0.572. The highest BCUT2D eigenvalue weighted by atomic mass is 32.2. The van der Waals surface area contributed by atoms with Crippen LogP contribution in [0.15, 0.2) is 59.5 Å². The molecule has 0 aromatic heterocycles. The molecule has 1 heterocycles. The quantitative estimate of drug-likeness (QED) is 0.525. The van der Waals surface area contributed by atoms with E-state index in [4.69, 9.17) is 0 Å². The maximum atomic E-state index is 12.2. The molecular formula is C24H31N3O2S. The second kappa shape index (κ2) is 11.2. The number of hydrogen-bond acceptors (Lipinski definition) is 4. The molecular weight excluding hydrogens is 394 g/mol. The van der Waals surface area contributed by atoms with Crippen LogP contribution in [0, 0.1) is 5.92 Å². The highest BCUT2D eigenvalue weighted by Gasteiger charge is 2.22. The Morgan fingerprint density at radius 3 is 2.40 bits per heavy atom. The Bertz CT molecular complexity index is 835. The highest BCUT2D eigenvalue weighted by molar-refractivity contribution is 7.98. The summed E-state index contributed by atoms with van der Waals surface area (Å²) in [6, 6.07) is 18.0. The summed E-state index contributed by atoms with van der Waals surface area (Å²) in [5, 5.41) is 5.59. The average Bonchev–Trinajstić information content (AvgIpc) is 2.79. The van der Waals surface area contributed by atoms with Crippen LogP contribution in [0.3, 0.4) is 0 Å². The first-order valence-corrected chi connectivity index (χ1v) is 11.8. The van der Waals surface area contributed by atoms with E-state index in [0.29, 0.717) is 12.5 Å². The lowest BCUT2D eigenvalue weighted by Crippen LogP contribution is -2.44. The van der Waals surface area contributed by atoms with Crippen molar-refractivity contribution in [1.29, 1.82) is 0 Å². The van der Waals surface area contributed by atoms with E-state index in [-0.39, 0.29) is 6.04 Å². The number of rotatable bonds is 7. The Labute approximate surface area is 183 Å². The van der Waals surface area contributed by atoms with E-state index in [1.807, 2.05) is 37.3 Å². The summed E-state index contributed by atoms with van der Waals surface area (Å²) >= 11 is 1.79. The summed E-state index contributed by atoms with van der Waals surface area (Å²) in [5.41, 5.74) is 2.36. The van der Waals surface area contributed by atoms with Gasteiger partial charge in [0, 0.05) is 18.0 Å². The number of amides is 2. The Hall–Kier alpha value is -2.31. The lowest BCUT2D eigenvalue weighted by Gasteiger charge is -2.32. The van der Waals surface area contributed by atoms with Gasteiger partial charge in [0.25, 0.3) is 0 Å². The van der Waals surface area contributed by atoms with Gasteiger partial charge < -0.3 is 10.6 Å². The van der Waals surface area contributed by atoms with E-state index >= 15 is 0 Å². The van der Waals surface area contributed by atoms with Crippen molar-refractivity contribution >= 4 is 23.6 Å². The number of hydrogen-bond donors (Lipinski definition) is 2. The van der Waals surface area contributed by atoms with E-state index < -0.39 is 11.8 Å². The smallest absolute Gasteiger partial charge is 0.309 e. The minimum absolute atomic E-state index is 0.197. The van der Waals surface area contributed by atoms with Gasteiger partial charge >= 0.3 is 11.8 Å². The molecule has 1 aliphatic heterocycles. The lowest BCUT2D eigenvalue weighted by atomic mass is 9.96. The summed E-state index contributed by atoms with van der Waals surface area (Å²) in [6.07, 6.45) is 4.18. The normalized spacial score (nSPS) is 16.1. The third-order valence-electron chi connectivity index (χ3n) is 5.70. The van der Waals surface area contributed by atoms with E-state index in [2.05, 4.69) is 46.1 Å². The van der Waals surface area contributed by atoms with Gasteiger partial charge in [-0.3, -0.25) is 14.5 Å². The molecule has 1 aliphatic rings. The molecule has 0 radical (unpaired) electrons. The topological polar surface area (TPSA) is 61.4 Å². The Morgan fingerprint density at radius 1 is 1.03 bits per heavy atom. The molecule has 0 bridgehead atoms. The molecule has 0 saturated carbocycles. The summed E-state index contributed by atoms with van der Waals surface area (Å²) in [5.74, 6) is -0.702. The fourth-order valence-electron chi connectivity index (χ4n) is 3.83. The summed E-state index contributed by atoms with van der Waals surface area (Å²) < 4.78 is 0. The second-order valence-corrected chi connectivity index (χ2v) is 8.70. The van der Waals surface area contributed by atoms with Gasteiger partial charge in [-0.2, -0.15) is 0 Å². The van der Waals surface area contributed by atoms with Crippen LogP contribution < -0.4 is 10.6 Å². The maximum absolute atomic E-state index is 12.2. The van der Waals surface area contributed by atoms with Crippen LogP contribution in [-0.2, 0) is 16.1 Å². The highest BCUT2D eigenvalue weighted by Crippen LogP contribution is 2.24. The molecule has 0 spiro atoms. The van der Waals surface area contributed by atoms with Gasteiger partial charge in [0.05, 0.1) is 6.04 Å². The van der Waals surface area contributed by atoms with Gasteiger partial charge in [0.1, 0.15) is 0 Å². The van der Waals surface area contributed by atoms with Crippen LogP contribution in [-0.4, -0.2) is 42.6 Å². The number of piperidine rings is 1. The first-order valence-electron chi connectivity index (χ1n) is 10.5. The van der Waals surface area contributed by atoms with Crippen molar-refractivity contribution in [3.05, 3.63) is 65.7 Å². The fraction of sp³-hybridized carbons (Fsp3) is 0.417. The number of nitrogens with one attached hydrogen (secondary N) is 2. The van der Waals surface area contributed by atoms with E-state index in [1.165, 1.54) is 10.5 Å². The monoisotopic (exact) mass is 425 g/mol. The zero-order valence-electron chi connectivity index (χ0n) is 17.8. The van der Waals surface area contributed by atoms with E-state index in [0.717, 1.165) is 38.0 Å². The zero-order chi connectivity index (χ0) is 21.3. The molecule has 6 heteroatoms. The van der Waals surface area contributed by atoms with Gasteiger partial charge in [-0.05, 0) is 62.2 Å². The predicted octanol–water partition coefficient (Wildman–Crippen LogP) is 3.61. The van der Waals surface area contributed by atoms with Crippen LogP contribution in [0.2, 0.25) is 0 Å². The lowest BCUT2D eigenvalue weighted by molar-refractivity contribution is -0.139. The Balaban J connectivity index is 1.38. The van der Waals surface area contributed by atoms with Crippen LogP contribution >= 0.6 is 11.8 Å². The summed E-state index contributed by atoms with van der Waals surface area (Å²) in [6.45, 7) is 5.43. The Kier molecular flexibility index (Phi) is 8.34. The van der Waals surface area contributed by atoms with Crippen molar-refractivity contribution in [1.82, 2.24) is 15.5 Å². The van der Waals surface area contributed by atoms with Gasteiger partial charge in [-0.1, -0.05) is 48.5 Å². The molecule has 30 heavy (non-hydrogen) atoms. The van der Waals surface area contributed by atoms with Crippen molar-refractivity contribution in [3.63, 3.8) is 0 Å². The maximum Gasteiger partial charge on any atom is 0.309 e. The molecule has 3 rings (SSSR count). The minimum Gasteiger partial charge on any atom is -0.348 e. The van der Waals surface area contributed by atoms with Crippen molar-refractivity contribution < 1.29 is 9.59 Å². The summed E-state index contributed by atoms with van der Waals surface area (Å²) in [4.78, 5) is 28.2. The average molecular weight is 426 g/mol. The van der Waals surface area contributed by atoms with Crippen molar-refractivity contribution in [2.75, 3.05) is 25.9 Å². The zero-order valence-corrected chi connectivity index (χ0v) is 18.6. The van der Waals surface area contributed by atoms with Crippen molar-refractivity contribution in [2.45, 2.75) is 37.2 Å². The van der Waals surface area contributed by atoms with Crippen LogP contribution in [0.1, 0.15) is 36.9 Å². The molecule has 2 N–H and O–H groups in total. The van der Waals surface area contributed by atoms with Crippen molar-refractivity contribution in [2.24, 2.45) is 5.92 Å². The number of carbonyl (C=O) groups is 2. The van der Waals surface area contributed by atoms with E-state index in [9.17, 15) is 9.59 Å². The molecule has 0 aliphatic carbocycles. The molecule has 2 amide bonds. The van der Waals surface area contributed by atoms with Gasteiger partial charge in [0.2, 0.25) is 0 Å². The van der Waals surface area contributed by atoms with Gasteiger partial charge in [-0.25, -0.2) is 0 Å². The number of thioether (sulfide) groups is 1. The van der Waals surface area contributed by atoms with Gasteiger partial charge in [-0.15, -0.1) is 11.8 Å². The first kappa shape index (κ1) is 22.4.